The van der Waals surface area contributed by atoms with Gasteiger partial charge in [-0.2, -0.15) is 0 Å². The Morgan fingerprint density at radius 3 is 2.46 bits per heavy atom. The first kappa shape index (κ1) is 17.5. The van der Waals surface area contributed by atoms with Gasteiger partial charge in [-0.1, -0.05) is 11.3 Å². The quantitative estimate of drug-likeness (QED) is 0.708. The number of carbonyl (C=O) groups excluding carboxylic acids is 1. The molecule has 0 saturated carbocycles. The molecule has 3 heterocycles. The Labute approximate surface area is 152 Å². The Balaban J connectivity index is 1.87. The first-order valence-electron chi connectivity index (χ1n) is 7.50. The van der Waals surface area contributed by atoms with Gasteiger partial charge in [0.2, 0.25) is 5.06 Å². The van der Waals surface area contributed by atoms with E-state index in [1.165, 1.54) is 24.7 Å². The Hall–Kier alpha value is -3.33. The third-order valence-corrected chi connectivity index (χ3v) is 4.27. The van der Waals surface area contributed by atoms with Gasteiger partial charge in [-0.25, -0.2) is 9.78 Å². The zero-order valence-corrected chi connectivity index (χ0v) is 14.7. The van der Waals surface area contributed by atoms with Crippen molar-refractivity contribution < 1.29 is 19.4 Å². The lowest BCUT2D eigenvalue weighted by molar-refractivity contribution is 0.0701. The van der Waals surface area contributed by atoms with Gasteiger partial charge in [0.25, 0.3) is 5.91 Å². The lowest BCUT2D eigenvalue weighted by Crippen LogP contribution is -2.14. The first-order valence-corrected chi connectivity index (χ1v) is 8.31. The molecule has 0 fully saturated rings. The predicted molar refractivity (Wildman–Crippen MR) is 95.0 cm³/mol. The summed E-state index contributed by atoms with van der Waals surface area (Å²) in [5, 5.41) is 12.1. The zero-order chi connectivity index (χ0) is 18.7. The van der Waals surface area contributed by atoms with Crippen molar-refractivity contribution in [2.45, 2.75) is 13.8 Å². The zero-order valence-electron chi connectivity index (χ0n) is 13.9. The monoisotopic (exact) mass is 370 g/mol. The van der Waals surface area contributed by atoms with Crippen molar-refractivity contribution in [2.24, 2.45) is 0 Å². The molecule has 0 atom stereocenters. The molecular weight excluding hydrogens is 356 g/mol. The Morgan fingerprint density at radius 1 is 1.08 bits per heavy atom. The van der Waals surface area contributed by atoms with E-state index in [0.29, 0.717) is 11.4 Å². The molecule has 0 radical (unpaired) electrons. The molecule has 0 aliphatic rings. The van der Waals surface area contributed by atoms with E-state index in [0.717, 1.165) is 17.0 Å². The van der Waals surface area contributed by atoms with Gasteiger partial charge < -0.3 is 15.2 Å². The summed E-state index contributed by atoms with van der Waals surface area (Å²) in [6.07, 6.45) is 4.34. The van der Waals surface area contributed by atoms with E-state index in [2.05, 4.69) is 20.3 Å². The number of carboxylic acids is 1. The minimum absolute atomic E-state index is 0.0327. The number of aromatic nitrogens is 3. The number of hydrogen-bond donors (Lipinski definition) is 2. The van der Waals surface area contributed by atoms with Gasteiger partial charge in [-0.15, -0.1) is 0 Å². The lowest BCUT2D eigenvalue weighted by Gasteiger charge is -2.07. The highest BCUT2D eigenvalue weighted by atomic mass is 32.1. The third kappa shape index (κ3) is 4.01. The summed E-state index contributed by atoms with van der Waals surface area (Å²) >= 11 is 0.906. The van der Waals surface area contributed by atoms with Crippen LogP contribution < -0.4 is 10.1 Å². The molecule has 0 aliphatic carbocycles. The maximum absolute atomic E-state index is 12.3. The van der Waals surface area contributed by atoms with Crippen molar-refractivity contribution in [3.05, 3.63) is 58.7 Å². The molecule has 2 N–H and O–H groups in total. The number of ether oxygens (including phenoxy) is 1. The SMILES string of the molecule is Cc1ccc(Oc2sc(C(=O)O)cc2NC(=O)c2cnc(C)cn2)cn1. The highest BCUT2D eigenvalue weighted by molar-refractivity contribution is 7.16. The summed E-state index contributed by atoms with van der Waals surface area (Å²) in [4.78, 5) is 35.8. The molecule has 0 aromatic carbocycles. The summed E-state index contributed by atoms with van der Waals surface area (Å²) in [5.41, 5.74) is 1.85. The smallest absolute Gasteiger partial charge is 0.346 e. The summed E-state index contributed by atoms with van der Waals surface area (Å²) in [5.74, 6) is -1.20. The fraction of sp³-hybridized carbons (Fsp3) is 0.118. The molecule has 8 nitrogen and oxygen atoms in total. The van der Waals surface area contributed by atoms with Crippen LogP contribution >= 0.6 is 11.3 Å². The van der Waals surface area contributed by atoms with Crippen LogP contribution in [0.5, 0.6) is 10.8 Å². The van der Waals surface area contributed by atoms with Crippen LogP contribution in [0.15, 0.2) is 36.8 Å². The summed E-state index contributed by atoms with van der Waals surface area (Å²) in [6.45, 7) is 3.60. The number of carboxylic acid groups (broad SMARTS) is 1. The topological polar surface area (TPSA) is 114 Å². The van der Waals surface area contributed by atoms with E-state index in [1.807, 2.05) is 6.92 Å². The Bertz CT molecular complexity index is 952. The maximum atomic E-state index is 12.3. The van der Waals surface area contributed by atoms with Crippen molar-refractivity contribution in [1.82, 2.24) is 15.0 Å². The van der Waals surface area contributed by atoms with Gasteiger partial charge in [-0.05, 0) is 32.0 Å². The number of nitrogens with zero attached hydrogens (tertiary/aromatic N) is 3. The van der Waals surface area contributed by atoms with E-state index in [-0.39, 0.29) is 21.3 Å². The number of hydrogen-bond acceptors (Lipinski definition) is 7. The average Bonchev–Trinajstić information content (AvgIpc) is 3.00. The molecule has 0 bridgehead atoms. The molecule has 3 aromatic rings. The number of pyridine rings is 1. The number of aromatic carboxylic acids is 1. The van der Waals surface area contributed by atoms with Crippen LogP contribution in [0, 0.1) is 13.8 Å². The Morgan fingerprint density at radius 2 is 1.85 bits per heavy atom. The minimum Gasteiger partial charge on any atom is -0.477 e. The summed E-state index contributed by atoms with van der Waals surface area (Å²) in [7, 11) is 0. The molecule has 0 unspecified atom stereocenters. The van der Waals surface area contributed by atoms with Gasteiger partial charge >= 0.3 is 5.97 Å². The van der Waals surface area contributed by atoms with Crippen molar-refractivity contribution in [3.63, 3.8) is 0 Å². The maximum Gasteiger partial charge on any atom is 0.346 e. The molecule has 26 heavy (non-hydrogen) atoms. The number of thiophene rings is 1. The highest BCUT2D eigenvalue weighted by Crippen LogP contribution is 2.38. The molecule has 0 saturated heterocycles. The second kappa shape index (κ2) is 7.28. The van der Waals surface area contributed by atoms with Crippen LogP contribution in [0.3, 0.4) is 0 Å². The summed E-state index contributed by atoms with van der Waals surface area (Å²) in [6, 6.07) is 4.81. The molecular formula is C17H14N4O4S. The van der Waals surface area contributed by atoms with Crippen LogP contribution in [0.2, 0.25) is 0 Å². The van der Waals surface area contributed by atoms with E-state index >= 15 is 0 Å². The van der Waals surface area contributed by atoms with Crippen LogP contribution in [0.1, 0.15) is 31.5 Å². The van der Waals surface area contributed by atoms with Crippen LogP contribution in [-0.2, 0) is 0 Å². The normalized spacial score (nSPS) is 10.4. The second-order valence-electron chi connectivity index (χ2n) is 5.35. The van der Waals surface area contributed by atoms with Crippen molar-refractivity contribution in [2.75, 3.05) is 5.32 Å². The van der Waals surface area contributed by atoms with Gasteiger partial charge in [0.15, 0.2) is 0 Å². The number of nitrogens with one attached hydrogen (secondary N) is 1. The first-order chi connectivity index (χ1) is 12.4. The molecule has 1 amide bonds. The van der Waals surface area contributed by atoms with Gasteiger partial charge in [0.05, 0.1) is 23.8 Å². The van der Waals surface area contributed by atoms with Crippen molar-refractivity contribution in [1.29, 1.82) is 0 Å². The largest absolute Gasteiger partial charge is 0.477 e. The van der Waals surface area contributed by atoms with E-state index in [9.17, 15) is 14.7 Å². The van der Waals surface area contributed by atoms with Gasteiger partial charge in [0, 0.05) is 11.9 Å². The Kier molecular flexibility index (Phi) is 4.90. The lowest BCUT2D eigenvalue weighted by atomic mass is 10.3. The minimum atomic E-state index is -1.11. The van der Waals surface area contributed by atoms with E-state index in [1.54, 1.807) is 19.1 Å². The van der Waals surface area contributed by atoms with E-state index < -0.39 is 11.9 Å². The van der Waals surface area contributed by atoms with E-state index in [4.69, 9.17) is 4.74 Å². The third-order valence-electron chi connectivity index (χ3n) is 3.27. The number of amides is 1. The van der Waals surface area contributed by atoms with Crippen molar-refractivity contribution >= 4 is 28.9 Å². The summed E-state index contributed by atoms with van der Waals surface area (Å²) < 4.78 is 5.69. The molecule has 9 heteroatoms. The highest BCUT2D eigenvalue weighted by Gasteiger charge is 2.19. The molecule has 132 valence electrons. The predicted octanol–water partition coefficient (Wildman–Crippen LogP) is 3.29. The number of aryl methyl sites for hydroxylation is 2. The fourth-order valence-corrected chi connectivity index (χ4v) is 2.78. The molecule has 3 rings (SSSR count). The average molecular weight is 370 g/mol. The number of rotatable bonds is 5. The standard InChI is InChI=1S/C17H14N4O4S/c1-9-3-4-11(7-18-9)25-17-12(5-14(26-17)16(23)24)21-15(22)13-8-19-10(2)6-20-13/h3-8H,1-2H3,(H,21,22)(H,23,24). The van der Waals surface area contributed by atoms with Gasteiger partial charge in [-0.3, -0.25) is 14.8 Å². The molecule has 3 aromatic heterocycles. The fourth-order valence-electron chi connectivity index (χ4n) is 1.96. The second-order valence-corrected chi connectivity index (χ2v) is 6.37. The number of carbonyl (C=O) groups is 2. The van der Waals surface area contributed by atoms with Crippen molar-refractivity contribution in [3.8, 4) is 10.8 Å². The van der Waals surface area contributed by atoms with Crippen LogP contribution in [0.25, 0.3) is 0 Å². The number of anilines is 1. The van der Waals surface area contributed by atoms with Gasteiger partial charge in [0.1, 0.15) is 16.3 Å². The molecule has 0 spiro atoms. The van der Waals surface area contributed by atoms with Crippen LogP contribution in [-0.4, -0.2) is 31.9 Å². The van der Waals surface area contributed by atoms with Crippen LogP contribution in [0.4, 0.5) is 5.69 Å². The molecule has 0 aliphatic heterocycles.